The Morgan fingerprint density at radius 3 is 2.81 bits per heavy atom. The van der Waals surface area contributed by atoms with Gasteiger partial charge in [-0.3, -0.25) is 0 Å². The molecule has 114 valence electrons. The third-order valence-corrected chi connectivity index (χ3v) is 5.04. The topological polar surface area (TPSA) is 47.0 Å². The summed E-state index contributed by atoms with van der Waals surface area (Å²) in [5.41, 5.74) is 0. The van der Waals surface area contributed by atoms with Gasteiger partial charge >= 0.3 is 0 Å². The van der Waals surface area contributed by atoms with E-state index in [0.29, 0.717) is 12.1 Å². The van der Waals surface area contributed by atoms with Crippen molar-refractivity contribution in [3.8, 4) is 5.88 Å². The summed E-state index contributed by atoms with van der Waals surface area (Å²) in [5.74, 6) is 1.46. The average Bonchev–Trinajstić information content (AvgIpc) is 3.13. The van der Waals surface area contributed by atoms with Gasteiger partial charge in [0.2, 0.25) is 11.8 Å². The van der Waals surface area contributed by atoms with E-state index in [4.69, 9.17) is 4.74 Å². The number of fused-ring (bicyclic) bond motifs is 1. The minimum atomic E-state index is 0.326. The van der Waals surface area contributed by atoms with Gasteiger partial charge in [0.1, 0.15) is 10.9 Å². The number of hydrogen-bond donors (Lipinski definition) is 1. The zero-order chi connectivity index (χ0) is 14.7. The van der Waals surface area contributed by atoms with Gasteiger partial charge in [-0.25, -0.2) is 4.98 Å². The van der Waals surface area contributed by atoms with Crippen molar-refractivity contribution in [3.63, 3.8) is 0 Å². The number of nitrogens with one attached hydrogen (secondary N) is 1. The molecule has 2 heterocycles. The average molecular weight is 305 g/mol. The van der Waals surface area contributed by atoms with Crippen molar-refractivity contribution in [2.75, 3.05) is 11.9 Å². The highest BCUT2D eigenvalue weighted by Gasteiger charge is 2.20. The molecule has 1 aliphatic carbocycles. The van der Waals surface area contributed by atoms with Crippen molar-refractivity contribution in [2.45, 2.75) is 58.5 Å². The standard InChI is InChI=1S/C16H23N3OS/c1-3-9-17-16-18-14(20-11-7-5-6-8-11)13-10-12(4-2)21-15(13)19-16/h10-11H,3-9H2,1-2H3,(H,17,18,19). The molecule has 0 amide bonds. The highest BCUT2D eigenvalue weighted by Crippen LogP contribution is 2.34. The van der Waals surface area contributed by atoms with E-state index in [1.54, 1.807) is 11.3 Å². The summed E-state index contributed by atoms with van der Waals surface area (Å²) in [6, 6.07) is 2.19. The van der Waals surface area contributed by atoms with E-state index in [1.165, 1.54) is 17.7 Å². The lowest BCUT2D eigenvalue weighted by Crippen LogP contribution is -2.13. The van der Waals surface area contributed by atoms with Gasteiger partial charge in [-0.1, -0.05) is 13.8 Å². The van der Waals surface area contributed by atoms with Crippen LogP contribution in [-0.4, -0.2) is 22.6 Å². The minimum Gasteiger partial charge on any atom is -0.474 e. The second kappa shape index (κ2) is 6.60. The van der Waals surface area contributed by atoms with Gasteiger partial charge in [0.15, 0.2) is 0 Å². The van der Waals surface area contributed by atoms with Crippen molar-refractivity contribution in [2.24, 2.45) is 0 Å². The molecule has 0 atom stereocenters. The monoisotopic (exact) mass is 305 g/mol. The molecule has 0 aromatic carbocycles. The Morgan fingerprint density at radius 2 is 2.10 bits per heavy atom. The molecule has 0 bridgehead atoms. The van der Waals surface area contributed by atoms with E-state index < -0.39 is 0 Å². The van der Waals surface area contributed by atoms with E-state index in [-0.39, 0.29) is 0 Å². The molecule has 5 heteroatoms. The van der Waals surface area contributed by atoms with Gasteiger partial charge in [-0.05, 0) is 44.6 Å². The third kappa shape index (κ3) is 3.28. The number of rotatable bonds is 6. The largest absolute Gasteiger partial charge is 0.474 e. The Balaban J connectivity index is 1.94. The van der Waals surface area contributed by atoms with E-state index in [1.807, 2.05) is 0 Å². The van der Waals surface area contributed by atoms with Gasteiger partial charge in [-0.15, -0.1) is 11.3 Å². The summed E-state index contributed by atoms with van der Waals surface area (Å²) < 4.78 is 6.18. The van der Waals surface area contributed by atoms with Crippen molar-refractivity contribution in [1.29, 1.82) is 0 Å². The number of aryl methyl sites for hydroxylation is 1. The Kier molecular flexibility index (Phi) is 4.58. The highest BCUT2D eigenvalue weighted by atomic mass is 32.1. The first kappa shape index (κ1) is 14.6. The maximum absolute atomic E-state index is 6.18. The van der Waals surface area contributed by atoms with Crippen LogP contribution < -0.4 is 10.1 Å². The van der Waals surface area contributed by atoms with Gasteiger partial charge in [0, 0.05) is 11.4 Å². The fraction of sp³-hybridized carbons (Fsp3) is 0.625. The maximum atomic E-state index is 6.18. The summed E-state index contributed by atoms with van der Waals surface area (Å²) in [5, 5.41) is 4.36. The number of anilines is 1. The molecule has 0 aliphatic heterocycles. The molecule has 2 aromatic heterocycles. The van der Waals surface area contributed by atoms with Crippen LogP contribution in [0, 0.1) is 0 Å². The first-order chi connectivity index (χ1) is 10.3. The molecule has 0 unspecified atom stereocenters. The molecule has 1 aliphatic rings. The van der Waals surface area contributed by atoms with Crippen LogP contribution in [-0.2, 0) is 6.42 Å². The Labute approximate surface area is 129 Å². The predicted octanol–water partition coefficient (Wildman–Crippen LogP) is 4.40. The summed E-state index contributed by atoms with van der Waals surface area (Å²) >= 11 is 1.75. The number of nitrogens with zero attached hydrogens (tertiary/aromatic N) is 2. The van der Waals surface area contributed by atoms with E-state index in [0.717, 1.165) is 48.3 Å². The highest BCUT2D eigenvalue weighted by molar-refractivity contribution is 7.18. The smallest absolute Gasteiger partial charge is 0.227 e. The van der Waals surface area contributed by atoms with Crippen LogP contribution in [0.25, 0.3) is 10.2 Å². The van der Waals surface area contributed by atoms with E-state index in [2.05, 4.69) is 35.2 Å². The Bertz CT molecular complexity index is 605. The fourth-order valence-electron chi connectivity index (χ4n) is 2.69. The van der Waals surface area contributed by atoms with Crippen molar-refractivity contribution in [1.82, 2.24) is 9.97 Å². The normalized spacial score (nSPS) is 15.7. The molecule has 0 saturated heterocycles. The third-order valence-electron chi connectivity index (χ3n) is 3.87. The second-order valence-corrected chi connectivity index (χ2v) is 6.70. The number of hydrogen-bond acceptors (Lipinski definition) is 5. The fourth-order valence-corrected chi connectivity index (χ4v) is 3.65. The van der Waals surface area contributed by atoms with Crippen LogP contribution in [0.4, 0.5) is 5.95 Å². The predicted molar refractivity (Wildman–Crippen MR) is 88.5 cm³/mol. The molecule has 4 nitrogen and oxygen atoms in total. The molecule has 1 N–H and O–H groups in total. The molecule has 0 radical (unpaired) electrons. The molecule has 21 heavy (non-hydrogen) atoms. The molecule has 2 aromatic rings. The van der Waals surface area contributed by atoms with Crippen LogP contribution >= 0.6 is 11.3 Å². The summed E-state index contributed by atoms with van der Waals surface area (Å²) in [6.45, 7) is 5.20. The van der Waals surface area contributed by atoms with Gasteiger partial charge in [0.05, 0.1) is 5.39 Å². The lowest BCUT2D eigenvalue weighted by molar-refractivity contribution is 0.204. The first-order valence-electron chi connectivity index (χ1n) is 8.01. The zero-order valence-corrected chi connectivity index (χ0v) is 13.6. The minimum absolute atomic E-state index is 0.326. The van der Waals surface area contributed by atoms with Crippen LogP contribution in [0.1, 0.15) is 50.8 Å². The lowest BCUT2D eigenvalue weighted by atomic mass is 10.3. The lowest BCUT2D eigenvalue weighted by Gasteiger charge is -2.14. The zero-order valence-electron chi connectivity index (χ0n) is 12.8. The number of thiophene rings is 1. The van der Waals surface area contributed by atoms with Gasteiger partial charge in [0.25, 0.3) is 0 Å². The first-order valence-corrected chi connectivity index (χ1v) is 8.82. The van der Waals surface area contributed by atoms with Crippen LogP contribution in [0.3, 0.4) is 0 Å². The Hall–Kier alpha value is -1.36. The molecule has 3 rings (SSSR count). The number of aromatic nitrogens is 2. The molecule has 1 saturated carbocycles. The van der Waals surface area contributed by atoms with Crippen molar-refractivity contribution in [3.05, 3.63) is 10.9 Å². The van der Waals surface area contributed by atoms with Crippen LogP contribution in [0.2, 0.25) is 0 Å². The molecular formula is C16H23N3OS. The maximum Gasteiger partial charge on any atom is 0.227 e. The molecular weight excluding hydrogens is 282 g/mol. The van der Waals surface area contributed by atoms with Crippen LogP contribution in [0.15, 0.2) is 6.07 Å². The van der Waals surface area contributed by atoms with Crippen molar-refractivity contribution >= 4 is 27.5 Å². The van der Waals surface area contributed by atoms with Gasteiger partial charge < -0.3 is 10.1 Å². The van der Waals surface area contributed by atoms with E-state index in [9.17, 15) is 0 Å². The summed E-state index contributed by atoms with van der Waals surface area (Å²) in [6.07, 6.45) is 7.24. The quantitative estimate of drug-likeness (QED) is 0.859. The van der Waals surface area contributed by atoms with Crippen LogP contribution in [0.5, 0.6) is 5.88 Å². The summed E-state index contributed by atoms with van der Waals surface area (Å²) in [4.78, 5) is 11.6. The SMILES string of the molecule is CCCNc1nc(OC2CCCC2)c2cc(CC)sc2n1. The molecule has 1 fully saturated rings. The molecule has 0 spiro atoms. The van der Waals surface area contributed by atoms with Crippen molar-refractivity contribution < 1.29 is 4.74 Å². The Morgan fingerprint density at radius 1 is 1.29 bits per heavy atom. The van der Waals surface area contributed by atoms with Gasteiger partial charge in [-0.2, -0.15) is 4.98 Å². The number of ether oxygens (including phenoxy) is 1. The summed E-state index contributed by atoms with van der Waals surface area (Å²) in [7, 11) is 0. The van der Waals surface area contributed by atoms with E-state index >= 15 is 0 Å². The second-order valence-electron chi connectivity index (χ2n) is 5.59.